The molecule has 1 unspecified atom stereocenters. The molecule has 2 saturated carbocycles. The minimum Gasteiger partial charge on any atom is -0.495 e. The summed E-state index contributed by atoms with van der Waals surface area (Å²) in [6.07, 6.45) is 5.93. The van der Waals surface area contributed by atoms with E-state index in [0.29, 0.717) is 11.8 Å². The predicted octanol–water partition coefficient (Wildman–Crippen LogP) is 3.34. The zero-order valence-electron chi connectivity index (χ0n) is 19.4. The van der Waals surface area contributed by atoms with Gasteiger partial charge in [0.15, 0.2) is 0 Å². The Kier molecular flexibility index (Phi) is 4.95. The summed E-state index contributed by atoms with van der Waals surface area (Å²) in [5.74, 6) is 1.92. The smallest absolute Gasteiger partial charge is 0.310 e. The number of hydrogen-bond acceptors (Lipinski definition) is 6. The number of hydrogen-bond donors (Lipinski definition) is 0. The van der Waals surface area contributed by atoms with Crippen molar-refractivity contribution in [3.63, 3.8) is 0 Å². The largest absolute Gasteiger partial charge is 0.495 e. The van der Waals surface area contributed by atoms with Crippen LogP contribution < -0.4 is 9.64 Å². The van der Waals surface area contributed by atoms with Crippen LogP contribution in [0.1, 0.15) is 39.0 Å². The zero-order valence-corrected chi connectivity index (χ0v) is 19.4. The first-order chi connectivity index (χ1) is 15.5. The number of carbonyl (C=O) groups is 1. The molecule has 0 amide bonds. The number of esters is 1. The fraction of sp³-hybridized carbons (Fsp3) is 0.731. The Morgan fingerprint density at radius 3 is 2.69 bits per heavy atom. The van der Waals surface area contributed by atoms with Crippen LogP contribution in [0.25, 0.3) is 0 Å². The van der Waals surface area contributed by atoms with Crippen LogP contribution in [0.4, 0.5) is 5.69 Å². The third-order valence-electron chi connectivity index (χ3n) is 9.33. The number of epoxide rings is 1. The van der Waals surface area contributed by atoms with Crippen molar-refractivity contribution in [3.8, 4) is 5.75 Å². The number of nitrogens with zero attached hydrogens (tertiary/aromatic N) is 2. The fourth-order valence-corrected chi connectivity index (χ4v) is 7.51. The van der Waals surface area contributed by atoms with Gasteiger partial charge in [-0.05, 0) is 55.6 Å². The molecule has 0 radical (unpaired) electrons. The summed E-state index contributed by atoms with van der Waals surface area (Å²) >= 11 is 0. The van der Waals surface area contributed by atoms with Gasteiger partial charge in [0.25, 0.3) is 0 Å². The van der Waals surface area contributed by atoms with E-state index in [0.717, 1.165) is 63.6 Å². The third-order valence-corrected chi connectivity index (χ3v) is 9.33. The molecule has 3 saturated heterocycles. The van der Waals surface area contributed by atoms with Crippen LogP contribution >= 0.6 is 0 Å². The molecule has 5 fully saturated rings. The number of carbonyl (C=O) groups excluding carboxylic acids is 1. The molecule has 0 N–H and O–H groups in total. The normalized spacial score (nSPS) is 41.2. The van der Waals surface area contributed by atoms with Crippen molar-refractivity contribution in [2.45, 2.75) is 50.7 Å². The Hall–Kier alpha value is -1.79. The highest BCUT2D eigenvalue weighted by molar-refractivity contribution is 5.75. The average molecular weight is 441 g/mol. The minimum absolute atomic E-state index is 0.0140. The van der Waals surface area contributed by atoms with Crippen LogP contribution in [0, 0.1) is 23.2 Å². The van der Waals surface area contributed by atoms with E-state index in [9.17, 15) is 4.79 Å². The molecule has 1 spiro atoms. The molecule has 3 heterocycles. The molecule has 2 aliphatic carbocycles. The Bertz CT molecular complexity index is 878. The number of methoxy groups -OCH3 is 1. The summed E-state index contributed by atoms with van der Waals surface area (Å²) in [5.41, 5.74) is 1.55. The molecule has 6 atom stereocenters. The van der Waals surface area contributed by atoms with Gasteiger partial charge in [-0.3, -0.25) is 9.69 Å². The molecule has 6 rings (SSSR count). The lowest BCUT2D eigenvalue weighted by Crippen LogP contribution is -2.52. The Balaban J connectivity index is 1.12. The second-order valence-corrected chi connectivity index (χ2v) is 11.1. The first-order valence-corrected chi connectivity index (χ1v) is 12.5. The van der Waals surface area contributed by atoms with Crippen LogP contribution in [-0.2, 0) is 14.3 Å². The van der Waals surface area contributed by atoms with E-state index in [1.165, 1.54) is 19.3 Å². The van der Waals surface area contributed by atoms with Gasteiger partial charge in [0, 0.05) is 38.6 Å². The topological polar surface area (TPSA) is 54.5 Å². The summed E-state index contributed by atoms with van der Waals surface area (Å²) in [7, 11) is 1.73. The average Bonchev–Trinajstić information content (AvgIpc) is 3.51. The van der Waals surface area contributed by atoms with E-state index >= 15 is 0 Å². The SMILES string of the molecule is COc1ccccc1N1CCN(CC2C(=O)O[C@@H]3C[C@@]4(C)CCC[C@]5(CO5)[C@@H]4C[C@H]23)CC1. The maximum atomic E-state index is 13.0. The predicted molar refractivity (Wildman–Crippen MR) is 122 cm³/mol. The van der Waals surface area contributed by atoms with Crippen molar-refractivity contribution in [2.24, 2.45) is 23.2 Å². The van der Waals surface area contributed by atoms with Crippen molar-refractivity contribution in [1.82, 2.24) is 4.90 Å². The van der Waals surface area contributed by atoms with Crippen LogP contribution in [0.15, 0.2) is 24.3 Å². The highest BCUT2D eigenvalue weighted by atomic mass is 16.6. The number of fused-ring (bicyclic) bond motifs is 3. The molecule has 3 aliphatic heterocycles. The second kappa shape index (κ2) is 7.63. The van der Waals surface area contributed by atoms with Crippen molar-refractivity contribution < 1.29 is 19.0 Å². The molecule has 6 nitrogen and oxygen atoms in total. The molecule has 5 aliphatic rings. The lowest BCUT2D eigenvalue weighted by Gasteiger charge is -2.51. The van der Waals surface area contributed by atoms with E-state index in [4.69, 9.17) is 14.2 Å². The van der Waals surface area contributed by atoms with E-state index in [2.05, 4.69) is 28.9 Å². The lowest BCUT2D eigenvalue weighted by molar-refractivity contribution is -0.147. The summed E-state index contributed by atoms with van der Waals surface area (Å²) in [6, 6.07) is 8.23. The van der Waals surface area contributed by atoms with Crippen LogP contribution in [-0.4, -0.2) is 69.0 Å². The first-order valence-electron chi connectivity index (χ1n) is 12.5. The van der Waals surface area contributed by atoms with Gasteiger partial charge in [0.05, 0.1) is 30.9 Å². The van der Waals surface area contributed by atoms with Gasteiger partial charge >= 0.3 is 5.97 Å². The lowest BCUT2D eigenvalue weighted by atomic mass is 9.53. The van der Waals surface area contributed by atoms with Gasteiger partial charge in [-0.25, -0.2) is 0 Å². The van der Waals surface area contributed by atoms with Crippen molar-refractivity contribution in [1.29, 1.82) is 0 Å². The molecule has 174 valence electrons. The van der Waals surface area contributed by atoms with Crippen molar-refractivity contribution >= 4 is 11.7 Å². The third kappa shape index (κ3) is 3.33. The summed E-state index contributed by atoms with van der Waals surface area (Å²) in [4.78, 5) is 17.8. The Labute approximate surface area is 191 Å². The van der Waals surface area contributed by atoms with Gasteiger partial charge in [0.2, 0.25) is 0 Å². The van der Waals surface area contributed by atoms with Crippen molar-refractivity contribution in [3.05, 3.63) is 24.3 Å². The molecule has 32 heavy (non-hydrogen) atoms. The minimum atomic E-state index is 0.0140. The second-order valence-electron chi connectivity index (χ2n) is 11.1. The van der Waals surface area contributed by atoms with Crippen LogP contribution in [0.5, 0.6) is 5.75 Å². The fourth-order valence-electron chi connectivity index (χ4n) is 7.51. The van der Waals surface area contributed by atoms with E-state index in [-0.39, 0.29) is 29.0 Å². The van der Waals surface area contributed by atoms with Gasteiger partial charge < -0.3 is 19.1 Å². The summed E-state index contributed by atoms with van der Waals surface area (Å²) in [6.45, 7) is 8.02. The van der Waals surface area contributed by atoms with Crippen LogP contribution in [0.3, 0.4) is 0 Å². The van der Waals surface area contributed by atoms with Gasteiger partial charge in [0.1, 0.15) is 11.9 Å². The number of ether oxygens (including phenoxy) is 3. The Morgan fingerprint density at radius 2 is 1.94 bits per heavy atom. The number of para-hydroxylation sites is 2. The molecule has 1 aromatic carbocycles. The van der Waals surface area contributed by atoms with E-state index in [1.807, 2.05) is 12.1 Å². The van der Waals surface area contributed by atoms with Gasteiger partial charge in [-0.2, -0.15) is 0 Å². The van der Waals surface area contributed by atoms with Gasteiger partial charge in [-0.1, -0.05) is 19.1 Å². The maximum absolute atomic E-state index is 13.0. The number of anilines is 1. The van der Waals surface area contributed by atoms with Crippen molar-refractivity contribution in [2.75, 3.05) is 51.3 Å². The van der Waals surface area contributed by atoms with E-state index < -0.39 is 0 Å². The van der Waals surface area contributed by atoms with E-state index in [1.54, 1.807) is 7.11 Å². The monoisotopic (exact) mass is 440 g/mol. The molecule has 6 heteroatoms. The number of benzene rings is 1. The maximum Gasteiger partial charge on any atom is 0.310 e. The molecule has 0 aromatic heterocycles. The zero-order chi connectivity index (χ0) is 21.9. The first kappa shape index (κ1) is 20.8. The summed E-state index contributed by atoms with van der Waals surface area (Å²) < 4.78 is 17.6. The number of piperazine rings is 1. The molecular formula is C26H36N2O4. The summed E-state index contributed by atoms with van der Waals surface area (Å²) in [5, 5.41) is 0. The van der Waals surface area contributed by atoms with Crippen LogP contribution in [0.2, 0.25) is 0 Å². The Morgan fingerprint density at radius 1 is 1.16 bits per heavy atom. The highest BCUT2D eigenvalue weighted by Crippen LogP contribution is 2.62. The standard InChI is InChI=1S/C26H36N2O4/c1-25-8-5-9-26(17-31-26)23(25)14-18-19(24(29)32-22(18)15-25)16-27-10-12-28(13-11-27)20-6-3-4-7-21(20)30-2/h3-4,6-7,18-19,22-23H,5,8-17H2,1-2H3/t18-,19?,22-,23-,25-,26+/m1/s1. The number of rotatable bonds is 4. The molecule has 0 bridgehead atoms. The molecule has 1 aromatic rings. The quantitative estimate of drug-likeness (QED) is 0.529. The van der Waals surface area contributed by atoms with Gasteiger partial charge in [-0.15, -0.1) is 0 Å². The highest BCUT2D eigenvalue weighted by Gasteiger charge is 2.65. The molecular weight excluding hydrogens is 404 g/mol.